The highest BCUT2D eigenvalue weighted by molar-refractivity contribution is 6.05. The van der Waals surface area contributed by atoms with E-state index in [1.807, 2.05) is 30.3 Å². The molecule has 3 amide bonds. The molecule has 21 heavy (non-hydrogen) atoms. The maximum absolute atomic E-state index is 12.5. The van der Waals surface area contributed by atoms with Crippen LogP contribution in [0.1, 0.15) is 25.8 Å². The van der Waals surface area contributed by atoms with Crippen molar-refractivity contribution in [1.29, 1.82) is 0 Å². The summed E-state index contributed by atoms with van der Waals surface area (Å²) in [5.74, 6) is -0.852. The lowest BCUT2D eigenvalue weighted by atomic mass is 9.99. The van der Waals surface area contributed by atoms with Crippen molar-refractivity contribution in [2.75, 3.05) is 7.05 Å². The Morgan fingerprint density at radius 2 is 1.76 bits per heavy atom. The highest BCUT2D eigenvalue weighted by Gasteiger charge is 2.43. The van der Waals surface area contributed by atoms with Crippen molar-refractivity contribution >= 4 is 17.7 Å². The molecular weight excluding hydrogens is 268 g/mol. The number of carbonyl (C=O) groups is 3. The van der Waals surface area contributed by atoms with Crippen LogP contribution in [-0.2, 0) is 20.8 Å². The van der Waals surface area contributed by atoms with Gasteiger partial charge in [0.05, 0.1) is 0 Å². The average Bonchev–Trinajstić information content (AvgIpc) is 2.46. The van der Waals surface area contributed by atoms with Gasteiger partial charge in [-0.2, -0.15) is 0 Å². The van der Waals surface area contributed by atoms with Crippen molar-refractivity contribution in [3.8, 4) is 0 Å². The molecule has 1 fully saturated rings. The molecule has 5 nitrogen and oxygen atoms in total. The van der Waals surface area contributed by atoms with Crippen LogP contribution in [0.5, 0.6) is 0 Å². The van der Waals surface area contributed by atoms with Gasteiger partial charge >= 0.3 is 0 Å². The van der Waals surface area contributed by atoms with Crippen LogP contribution in [0, 0.1) is 0 Å². The van der Waals surface area contributed by atoms with Crippen LogP contribution in [0.4, 0.5) is 0 Å². The van der Waals surface area contributed by atoms with Gasteiger partial charge in [-0.15, -0.1) is 0 Å². The summed E-state index contributed by atoms with van der Waals surface area (Å²) >= 11 is 0. The molecule has 112 valence electrons. The average molecular weight is 288 g/mol. The van der Waals surface area contributed by atoms with E-state index in [2.05, 4.69) is 0 Å². The molecule has 0 radical (unpaired) electrons. The van der Waals surface area contributed by atoms with Crippen LogP contribution in [0.3, 0.4) is 0 Å². The Hall–Kier alpha value is -2.17. The molecule has 0 spiro atoms. The minimum absolute atomic E-state index is 0.192. The van der Waals surface area contributed by atoms with Crippen molar-refractivity contribution in [3.05, 3.63) is 35.9 Å². The minimum Gasteiger partial charge on any atom is -0.332 e. The zero-order valence-electron chi connectivity index (χ0n) is 12.6. The van der Waals surface area contributed by atoms with Gasteiger partial charge in [-0.05, 0) is 25.3 Å². The van der Waals surface area contributed by atoms with Crippen molar-refractivity contribution in [2.24, 2.45) is 0 Å². The predicted molar refractivity (Wildman–Crippen MR) is 78.3 cm³/mol. The Morgan fingerprint density at radius 3 is 2.33 bits per heavy atom. The summed E-state index contributed by atoms with van der Waals surface area (Å²) in [4.78, 5) is 38.8. The van der Waals surface area contributed by atoms with Gasteiger partial charge in [0.1, 0.15) is 12.1 Å². The Bertz CT molecular complexity index is 556. The van der Waals surface area contributed by atoms with Gasteiger partial charge in [-0.25, -0.2) is 0 Å². The molecule has 1 aliphatic heterocycles. The summed E-state index contributed by atoms with van der Waals surface area (Å²) in [5.41, 5.74) is 1.11. The van der Waals surface area contributed by atoms with Gasteiger partial charge in [0.25, 0.3) is 5.91 Å². The van der Waals surface area contributed by atoms with E-state index >= 15 is 0 Å². The first-order chi connectivity index (χ1) is 9.93. The van der Waals surface area contributed by atoms with E-state index in [4.69, 9.17) is 0 Å². The van der Waals surface area contributed by atoms with Gasteiger partial charge in [0, 0.05) is 14.0 Å². The quantitative estimate of drug-likeness (QED) is 0.840. The number of carbonyl (C=O) groups excluding carboxylic acids is 3. The molecule has 0 aromatic heterocycles. The molecule has 0 aliphatic carbocycles. The van der Waals surface area contributed by atoms with Crippen molar-refractivity contribution in [2.45, 2.75) is 38.8 Å². The third-order valence-electron chi connectivity index (χ3n) is 3.97. The third kappa shape index (κ3) is 2.96. The highest BCUT2D eigenvalue weighted by atomic mass is 16.2. The number of rotatable bonds is 3. The molecule has 1 aliphatic rings. The Morgan fingerprint density at radius 1 is 1.14 bits per heavy atom. The second-order valence-electron chi connectivity index (χ2n) is 5.39. The lowest BCUT2D eigenvalue weighted by Gasteiger charge is -2.40. The number of hydrogen-bond donors (Lipinski definition) is 0. The van der Waals surface area contributed by atoms with Gasteiger partial charge < -0.3 is 4.90 Å². The van der Waals surface area contributed by atoms with Crippen LogP contribution in [0.25, 0.3) is 0 Å². The van der Waals surface area contributed by atoms with E-state index in [1.54, 1.807) is 14.0 Å². The number of benzene rings is 1. The number of piperazine rings is 1. The largest absolute Gasteiger partial charge is 0.332 e. The molecule has 5 heteroatoms. The maximum Gasteiger partial charge on any atom is 0.252 e. The van der Waals surface area contributed by atoms with Crippen LogP contribution in [-0.4, -0.2) is 46.7 Å². The fourth-order valence-corrected chi connectivity index (χ4v) is 2.77. The fourth-order valence-electron chi connectivity index (χ4n) is 2.77. The first kappa shape index (κ1) is 15.2. The zero-order valence-corrected chi connectivity index (χ0v) is 12.6. The van der Waals surface area contributed by atoms with Crippen LogP contribution in [0.2, 0.25) is 0 Å². The molecule has 1 aromatic rings. The standard InChI is InChI=1S/C16H20N2O3/c1-11-15(20)17(3)14(16(21)18(11)12(2)19)10-9-13-7-5-4-6-8-13/h4-8,11,14H,9-10H2,1-3H3/t11-,14-/m0/s1. The monoisotopic (exact) mass is 288 g/mol. The van der Waals surface area contributed by atoms with Gasteiger partial charge in [0.15, 0.2) is 0 Å². The molecule has 1 aromatic carbocycles. The second kappa shape index (κ2) is 6.08. The van der Waals surface area contributed by atoms with Crippen LogP contribution >= 0.6 is 0 Å². The number of nitrogens with zero attached hydrogens (tertiary/aromatic N) is 2. The van der Waals surface area contributed by atoms with E-state index in [-0.39, 0.29) is 17.7 Å². The SMILES string of the molecule is CC(=O)N1C(=O)[C@H](CCc2ccccc2)N(C)C(=O)[C@@H]1C. The van der Waals surface area contributed by atoms with Crippen LogP contribution in [0.15, 0.2) is 30.3 Å². The number of aryl methyl sites for hydroxylation is 1. The molecule has 0 N–H and O–H groups in total. The third-order valence-corrected chi connectivity index (χ3v) is 3.97. The van der Waals surface area contributed by atoms with Gasteiger partial charge in [-0.3, -0.25) is 19.3 Å². The summed E-state index contributed by atoms with van der Waals surface area (Å²) in [6.07, 6.45) is 1.20. The number of likely N-dealkylation sites (N-methyl/N-ethyl adjacent to an activating group) is 1. The van der Waals surface area contributed by atoms with E-state index in [0.29, 0.717) is 12.8 Å². The van der Waals surface area contributed by atoms with Crippen molar-refractivity contribution < 1.29 is 14.4 Å². The van der Waals surface area contributed by atoms with Crippen molar-refractivity contribution in [1.82, 2.24) is 9.80 Å². The van der Waals surface area contributed by atoms with Crippen molar-refractivity contribution in [3.63, 3.8) is 0 Å². The lowest BCUT2D eigenvalue weighted by Crippen LogP contribution is -2.63. The predicted octanol–water partition coefficient (Wildman–Crippen LogP) is 1.22. The summed E-state index contributed by atoms with van der Waals surface area (Å²) in [6, 6.07) is 8.50. The summed E-state index contributed by atoms with van der Waals surface area (Å²) < 4.78 is 0. The molecule has 2 atom stereocenters. The number of amides is 3. The molecule has 2 rings (SSSR count). The first-order valence-electron chi connectivity index (χ1n) is 7.07. The van der Waals surface area contributed by atoms with Gasteiger partial charge in [0.2, 0.25) is 11.8 Å². The number of hydrogen-bond acceptors (Lipinski definition) is 3. The molecule has 1 heterocycles. The summed E-state index contributed by atoms with van der Waals surface area (Å²) in [6.45, 7) is 2.91. The van der Waals surface area contributed by atoms with Crippen LogP contribution < -0.4 is 0 Å². The van der Waals surface area contributed by atoms with E-state index in [0.717, 1.165) is 10.5 Å². The maximum atomic E-state index is 12.5. The smallest absolute Gasteiger partial charge is 0.252 e. The van der Waals surface area contributed by atoms with Gasteiger partial charge in [-0.1, -0.05) is 30.3 Å². The Balaban J connectivity index is 2.15. The van der Waals surface area contributed by atoms with E-state index in [1.165, 1.54) is 11.8 Å². The Kier molecular flexibility index (Phi) is 4.40. The Labute approximate surface area is 124 Å². The first-order valence-corrected chi connectivity index (χ1v) is 7.07. The van der Waals surface area contributed by atoms with E-state index in [9.17, 15) is 14.4 Å². The zero-order chi connectivity index (χ0) is 15.6. The topological polar surface area (TPSA) is 57.7 Å². The number of imide groups is 1. The molecule has 1 saturated heterocycles. The lowest BCUT2D eigenvalue weighted by molar-refractivity contribution is -0.165. The summed E-state index contributed by atoms with van der Waals surface area (Å²) in [7, 11) is 1.63. The second-order valence-corrected chi connectivity index (χ2v) is 5.39. The molecule has 0 unspecified atom stereocenters. The highest BCUT2D eigenvalue weighted by Crippen LogP contribution is 2.20. The normalized spacial score (nSPS) is 22.6. The van der Waals surface area contributed by atoms with E-state index < -0.39 is 12.1 Å². The fraction of sp³-hybridized carbons (Fsp3) is 0.438. The minimum atomic E-state index is -0.715. The molecule has 0 bridgehead atoms. The summed E-state index contributed by atoms with van der Waals surface area (Å²) in [5, 5.41) is 0. The molecule has 0 saturated carbocycles. The molecular formula is C16H20N2O3.